The van der Waals surface area contributed by atoms with E-state index in [4.69, 9.17) is 5.11 Å². The molecule has 160 valence electrons. The predicted molar refractivity (Wildman–Crippen MR) is 111 cm³/mol. The summed E-state index contributed by atoms with van der Waals surface area (Å²) < 4.78 is 1.72. The first-order valence-electron chi connectivity index (χ1n) is 10.8. The van der Waals surface area contributed by atoms with Crippen LogP contribution in [0.5, 0.6) is 0 Å². The molecule has 0 saturated carbocycles. The van der Waals surface area contributed by atoms with Crippen LogP contribution >= 0.6 is 0 Å². The van der Waals surface area contributed by atoms with Gasteiger partial charge < -0.3 is 15.7 Å². The van der Waals surface area contributed by atoms with Crippen LogP contribution < -0.4 is 10.6 Å². The minimum atomic E-state index is -0.681. The van der Waals surface area contributed by atoms with Gasteiger partial charge in [-0.1, -0.05) is 64.2 Å². The summed E-state index contributed by atoms with van der Waals surface area (Å²) in [7, 11) is 1.86. The Kier molecular flexibility index (Phi) is 13.7. The quantitative estimate of drug-likeness (QED) is 0.342. The van der Waals surface area contributed by atoms with Crippen molar-refractivity contribution in [2.75, 3.05) is 6.54 Å². The number of aryl methyl sites for hydroxylation is 1. The summed E-state index contributed by atoms with van der Waals surface area (Å²) in [5.41, 5.74) is 0.996. The van der Waals surface area contributed by atoms with E-state index >= 15 is 0 Å². The van der Waals surface area contributed by atoms with Crippen LogP contribution in [0.15, 0.2) is 12.4 Å². The molecule has 0 aliphatic heterocycles. The summed E-state index contributed by atoms with van der Waals surface area (Å²) in [4.78, 5) is 22.1. The normalized spacial score (nSPS) is 10.8. The van der Waals surface area contributed by atoms with E-state index < -0.39 is 5.97 Å². The molecule has 1 aromatic rings. The summed E-state index contributed by atoms with van der Waals surface area (Å²) in [6.07, 6.45) is 18.0. The highest BCUT2D eigenvalue weighted by atomic mass is 16.4. The SMILES string of the molecule is Cn1cc(CNC(=O)NCCCCCCCCCCCCCCC(=O)O)cn1. The second-order valence-electron chi connectivity index (χ2n) is 7.52. The van der Waals surface area contributed by atoms with Gasteiger partial charge in [0.25, 0.3) is 0 Å². The largest absolute Gasteiger partial charge is 0.481 e. The maximum absolute atomic E-state index is 11.7. The second-order valence-corrected chi connectivity index (χ2v) is 7.52. The van der Waals surface area contributed by atoms with Gasteiger partial charge >= 0.3 is 12.0 Å². The van der Waals surface area contributed by atoms with Crippen LogP contribution in [0, 0.1) is 0 Å². The number of carbonyl (C=O) groups excluding carboxylic acids is 1. The minimum Gasteiger partial charge on any atom is -0.481 e. The zero-order valence-corrected chi connectivity index (χ0v) is 17.4. The number of hydrogen-bond donors (Lipinski definition) is 3. The van der Waals surface area contributed by atoms with Gasteiger partial charge in [-0.25, -0.2) is 4.79 Å². The van der Waals surface area contributed by atoms with E-state index in [9.17, 15) is 9.59 Å². The summed E-state index contributed by atoms with van der Waals surface area (Å²) in [6, 6.07) is -0.119. The molecule has 7 heteroatoms. The number of carbonyl (C=O) groups is 2. The van der Waals surface area contributed by atoms with Crippen LogP contribution in [0.25, 0.3) is 0 Å². The van der Waals surface area contributed by atoms with Crippen LogP contribution in [-0.4, -0.2) is 33.4 Å². The first-order chi connectivity index (χ1) is 13.6. The standard InChI is InChI=1S/C21H38N4O3/c1-25-18-19(17-24-25)16-23-21(28)22-15-13-11-9-7-5-3-2-4-6-8-10-12-14-20(26)27/h17-18H,2-16H2,1H3,(H,26,27)(H2,22,23,28). The van der Waals surface area contributed by atoms with E-state index in [1.165, 1.54) is 44.9 Å². The zero-order valence-electron chi connectivity index (χ0n) is 17.4. The molecule has 0 bridgehead atoms. The van der Waals surface area contributed by atoms with Crippen molar-refractivity contribution < 1.29 is 14.7 Å². The number of carboxylic acids is 1. The van der Waals surface area contributed by atoms with E-state index in [-0.39, 0.29) is 6.03 Å². The monoisotopic (exact) mass is 394 g/mol. The van der Waals surface area contributed by atoms with Gasteiger partial charge in [0.2, 0.25) is 0 Å². The first-order valence-corrected chi connectivity index (χ1v) is 10.8. The Morgan fingerprint density at radius 2 is 1.43 bits per heavy atom. The Labute approximate surface area is 169 Å². The molecule has 2 amide bonds. The molecule has 1 aromatic heterocycles. The maximum atomic E-state index is 11.7. The molecule has 0 fully saturated rings. The van der Waals surface area contributed by atoms with E-state index in [1.54, 1.807) is 10.9 Å². The smallest absolute Gasteiger partial charge is 0.315 e. The first kappa shape index (κ1) is 24.0. The molecule has 28 heavy (non-hydrogen) atoms. The summed E-state index contributed by atoms with van der Waals surface area (Å²) in [5, 5.41) is 18.4. The molecule has 0 aromatic carbocycles. The highest BCUT2D eigenvalue weighted by Gasteiger charge is 2.01. The number of urea groups is 1. The molecule has 1 heterocycles. The number of rotatable bonds is 17. The fraction of sp³-hybridized carbons (Fsp3) is 0.762. The van der Waals surface area contributed by atoms with Gasteiger partial charge in [-0.05, 0) is 12.8 Å². The zero-order chi connectivity index (χ0) is 20.5. The Bertz CT molecular complexity index is 546. The molecule has 3 N–H and O–H groups in total. The summed E-state index contributed by atoms with van der Waals surface area (Å²) in [5.74, 6) is -0.681. The molecule has 7 nitrogen and oxygen atoms in total. The highest BCUT2D eigenvalue weighted by molar-refractivity contribution is 5.73. The summed E-state index contributed by atoms with van der Waals surface area (Å²) in [6.45, 7) is 1.22. The minimum absolute atomic E-state index is 0.119. The fourth-order valence-corrected chi connectivity index (χ4v) is 3.18. The number of aromatic nitrogens is 2. The number of aliphatic carboxylic acids is 1. The van der Waals surface area contributed by atoms with Gasteiger partial charge in [0.1, 0.15) is 0 Å². The Morgan fingerprint density at radius 1 is 0.893 bits per heavy atom. The molecule has 0 unspecified atom stereocenters. The lowest BCUT2D eigenvalue weighted by Crippen LogP contribution is -2.35. The Balaban J connectivity index is 1.77. The lowest BCUT2D eigenvalue weighted by molar-refractivity contribution is -0.137. The van der Waals surface area contributed by atoms with E-state index in [2.05, 4.69) is 15.7 Å². The van der Waals surface area contributed by atoms with Crippen molar-refractivity contribution in [3.05, 3.63) is 18.0 Å². The topological polar surface area (TPSA) is 96.2 Å². The van der Waals surface area contributed by atoms with Crippen LogP contribution in [0.3, 0.4) is 0 Å². The number of hydrogen-bond acceptors (Lipinski definition) is 3. The van der Waals surface area contributed by atoms with Crippen LogP contribution in [0.2, 0.25) is 0 Å². The molecule has 1 rings (SSSR count). The molecular formula is C21H38N4O3. The fourth-order valence-electron chi connectivity index (χ4n) is 3.18. The summed E-state index contributed by atoms with van der Waals surface area (Å²) >= 11 is 0. The van der Waals surface area contributed by atoms with Gasteiger partial charge in [-0.3, -0.25) is 9.48 Å². The maximum Gasteiger partial charge on any atom is 0.315 e. The third-order valence-corrected chi connectivity index (χ3v) is 4.81. The van der Waals surface area contributed by atoms with Gasteiger partial charge in [0, 0.05) is 38.3 Å². The van der Waals surface area contributed by atoms with Gasteiger partial charge in [-0.2, -0.15) is 5.10 Å². The third-order valence-electron chi connectivity index (χ3n) is 4.81. The van der Waals surface area contributed by atoms with Crippen molar-refractivity contribution in [3.8, 4) is 0 Å². The number of nitrogens with zero attached hydrogens (tertiary/aromatic N) is 2. The van der Waals surface area contributed by atoms with Gasteiger partial charge in [0.15, 0.2) is 0 Å². The number of amides is 2. The van der Waals surface area contributed by atoms with Crippen molar-refractivity contribution in [3.63, 3.8) is 0 Å². The van der Waals surface area contributed by atoms with Crippen LogP contribution in [-0.2, 0) is 18.4 Å². The molecular weight excluding hydrogens is 356 g/mol. The van der Waals surface area contributed by atoms with Crippen LogP contribution in [0.4, 0.5) is 4.79 Å². The van der Waals surface area contributed by atoms with Crippen molar-refractivity contribution in [1.82, 2.24) is 20.4 Å². The molecule has 0 radical (unpaired) electrons. The number of unbranched alkanes of at least 4 members (excludes halogenated alkanes) is 11. The van der Waals surface area contributed by atoms with Crippen molar-refractivity contribution in [1.29, 1.82) is 0 Å². The molecule has 0 saturated heterocycles. The van der Waals surface area contributed by atoms with E-state index in [1.807, 2.05) is 13.2 Å². The van der Waals surface area contributed by atoms with E-state index in [0.29, 0.717) is 13.0 Å². The van der Waals surface area contributed by atoms with Crippen molar-refractivity contribution in [2.45, 2.75) is 90.0 Å². The predicted octanol–water partition coefficient (Wildman–Crippen LogP) is 4.38. The third kappa shape index (κ3) is 14.1. The highest BCUT2D eigenvalue weighted by Crippen LogP contribution is 2.12. The van der Waals surface area contributed by atoms with Gasteiger partial charge in [-0.15, -0.1) is 0 Å². The average Bonchev–Trinajstić information content (AvgIpc) is 3.08. The average molecular weight is 395 g/mol. The molecule has 0 atom stereocenters. The van der Waals surface area contributed by atoms with Crippen molar-refractivity contribution in [2.24, 2.45) is 7.05 Å². The molecule has 0 aliphatic rings. The number of nitrogens with one attached hydrogen (secondary N) is 2. The lowest BCUT2D eigenvalue weighted by Gasteiger charge is -2.07. The Morgan fingerprint density at radius 3 is 1.93 bits per heavy atom. The van der Waals surface area contributed by atoms with E-state index in [0.717, 1.165) is 44.2 Å². The van der Waals surface area contributed by atoms with Crippen LogP contribution in [0.1, 0.15) is 89.0 Å². The molecule has 0 spiro atoms. The Hall–Kier alpha value is -2.05. The van der Waals surface area contributed by atoms with Gasteiger partial charge in [0.05, 0.1) is 6.20 Å². The molecule has 0 aliphatic carbocycles. The number of carboxylic acid groups (broad SMARTS) is 1. The van der Waals surface area contributed by atoms with Crippen molar-refractivity contribution >= 4 is 12.0 Å². The second kappa shape index (κ2) is 16.0. The lowest BCUT2D eigenvalue weighted by atomic mass is 10.0.